The van der Waals surface area contributed by atoms with Gasteiger partial charge in [-0.2, -0.15) is 0 Å². The second-order valence-electron chi connectivity index (χ2n) is 8.40. The van der Waals surface area contributed by atoms with Crippen LogP contribution in [0.1, 0.15) is 76.0 Å². The number of rotatable bonds is 2. The van der Waals surface area contributed by atoms with Gasteiger partial charge >= 0.3 is 0 Å². The first-order valence-corrected chi connectivity index (χ1v) is 8.79. The molecule has 122 valence electrons. The van der Waals surface area contributed by atoms with Crippen molar-refractivity contribution in [3.63, 3.8) is 0 Å². The van der Waals surface area contributed by atoms with E-state index in [4.69, 9.17) is 0 Å². The molecule has 1 aromatic rings. The lowest BCUT2D eigenvalue weighted by atomic mass is 9.50. The second-order valence-corrected chi connectivity index (χ2v) is 8.40. The van der Waals surface area contributed by atoms with Crippen LogP contribution in [0, 0.1) is 11.3 Å². The van der Waals surface area contributed by atoms with Gasteiger partial charge in [-0.15, -0.1) is 0 Å². The molecule has 0 heterocycles. The molecule has 0 aromatic heterocycles. The molecule has 2 N–H and O–H groups in total. The van der Waals surface area contributed by atoms with Crippen molar-refractivity contribution in [2.45, 2.75) is 71.1 Å². The number of fused-ring (bicyclic) bond motifs is 3. The van der Waals surface area contributed by atoms with Crippen molar-refractivity contribution in [2.75, 3.05) is 6.61 Å². The molecule has 2 heteroatoms. The van der Waals surface area contributed by atoms with E-state index in [0.717, 1.165) is 31.2 Å². The summed E-state index contributed by atoms with van der Waals surface area (Å²) >= 11 is 0. The first-order valence-electron chi connectivity index (χ1n) is 8.79. The molecule has 22 heavy (non-hydrogen) atoms. The van der Waals surface area contributed by atoms with E-state index in [1.54, 1.807) is 0 Å². The lowest BCUT2D eigenvalue weighted by molar-refractivity contribution is -0.0179. The smallest absolute Gasteiger partial charge is 0.119 e. The SMILES string of the molecule is CC(C)c1cc2c(cc1O)C1(C)CCCC(C)(CO)C1CC2. The largest absolute Gasteiger partial charge is 0.508 e. The van der Waals surface area contributed by atoms with Gasteiger partial charge in [-0.05, 0) is 71.1 Å². The van der Waals surface area contributed by atoms with Crippen molar-refractivity contribution in [1.29, 1.82) is 0 Å². The van der Waals surface area contributed by atoms with Crippen molar-refractivity contribution >= 4 is 0 Å². The summed E-state index contributed by atoms with van der Waals surface area (Å²) in [6, 6.07) is 4.28. The van der Waals surface area contributed by atoms with Crippen molar-refractivity contribution in [3.05, 3.63) is 28.8 Å². The number of aryl methyl sites for hydroxylation is 1. The third kappa shape index (κ3) is 2.19. The van der Waals surface area contributed by atoms with Crippen LogP contribution in [0.2, 0.25) is 0 Å². The summed E-state index contributed by atoms with van der Waals surface area (Å²) in [5.41, 5.74) is 3.95. The van der Waals surface area contributed by atoms with E-state index in [1.165, 1.54) is 17.5 Å². The molecule has 0 saturated heterocycles. The van der Waals surface area contributed by atoms with Gasteiger partial charge in [0.25, 0.3) is 0 Å². The highest BCUT2D eigenvalue weighted by Crippen LogP contribution is 2.57. The molecule has 1 fully saturated rings. The number of aliphatic hydroxyl groups excluding tert-OH is 1. The minimum atomic E-state index is 0.0248. The van der Waals surface area contributed by atoms with Gasteiger partial charge in [0.05, 0.1) is 0 Å². The van der Waals surface area contributed by atoms with Gasteiger partial charge in [0.15, 0.2) is 0 Å². The molecule has 3 unspecified atom stereocenters. The molecule has 0 aliphatic heterocycles. The molecular weight excluding hydrogens is 272 g/mol. The lowest BCUT2D eigenvalue weighted by Gasteiger charge is -2.55. The zero-order valence-corrected chi connectivity index (χ0v) is 14.4. The summed E-state index contributed by atoms with van der Waals surface area (Å²) in [6.07, 6.45) is 5.68. The van der Waals surface area contributed by atoms with Gasteiger partial charge in [0.1, 0.15) is 5.75 Å². The van der Waals surface area contributed by atoms with E-state index in [0.29, 0.717) is 17.6 Å². The minimum Gasteiger partial charge on any atom is -0.508 e. The van der Waals surface area contributed by atoms with E-state index >= 15 is 0 Å². The summed E-state index contributed by atoms with van der Waals surface area (Å²) in [5, 5.41) is 20.5. The van der Waals surface area contributed by atoms with Gasteiger partial charge in [0, 0.05) is 6.61 Å². The van der Waals surface area contributed by atoms with E-state index < -0.39 is 0 Å². The minimum absolute atomic E-state index is 0.0248. The fourth-order valence-corrected chi connectivity index (χ4v) is 5.31. The predicted molar refractivity (Wildman–Crippen MR) is 90.4 cm³/mol. The molecule has 3 atom stereocenters. The number of benzene rings is 1. The standard InChI is InChI=1S/C20H30O2/c1-13(2)15-10-14-6-7-18-19(3,12-21)8-5-9-20(18,4)16(14)11-17(15)22/h10-11,13,18,21-22H,5-9,12H2,1-4H3. The Kier molecular flexibility index (Phi) is 3.79. The summed E-state index contributed by atoms with van der Waals surface area (Å²) in [7, 11) is 0. The maximum Gasteiger partial charge on any atom is 0.119 e. The van der Waals surface area contributed by atoms with Crippen LogP contribution in [0.4, 0.5) is 0 Å². The van der Waals surface area contributed by atoms with Gasteiger partial charge in [0.2, 0.25) is 0 Å². The van der Waals surface area contributed by atoms with Crippen LogP contribution in [0.25, 0.3) is 0 Å². The molecular formula is C20H30O2. The molecule has 1 aromatic carbocycles. The number of phenolic OH excluding ortho intramolecular Hbond substituents is 1. The summed E-state index contributed by atoms with van der Waals surface area (Å²) in [5.74, 6) is 1.31. The topological polar surface area (TPSA) is 40.5 Å². The monoisotopic (exact) mass is 302 g/mol. The average molecular weight is 302 g/mol. The van der Waals surface area contributed by atoms with Crippen molar-refractivity contribution in [2.24, 2.45) is 11.3 Å². The number of phenols is 1. The normalized spacial score (nSPS) is 34.4. The highest BCUT2D eigenvalue weighted by Gasteiger charge is 2.51. The molecule has 0 amide bonds. The summed E-state index contributed by atoms with van der Waals surface area (Å²) in [6.45, 7) is 9.16. The quantitative estimate of drug-likeness (QED) is 0.843. The Morgan fingerprint density at radius 1 is 1.23 bits per heavy atom. The zero-order valence-electron chi connectivity index (χ0n) is 14.4. The Labute approximate surface area is 134 Å². The highest BCUT2D eigenvalue weighted by molar-refractivity contribution is 5.48. The molecule has 2 aliphatic carbocycles. The number of aliphatic hydroxyl groups is 1. The van der Waals surface area contributed by atoms with Gasteiger partial charge in [-0.1, -0.05) is 40.2 Å². The molecule has 1 saturated carbocycles. The summed E-state index contributed by atoms with van der Waals surface area (Å²) < 4.78 is 0. The number of hydrogen-bond donors (Lipinski definition) is 2. The van der Waals surface area contributed by atoms with Gasteiger partial charge in [-0.25, -0.2) is 0 Å². The zero-order chi connectivity index (χ0) is 16.1. The van der Waals surface area contributed by atoms with E-state index in [2.05, 4.69) is 33.8 Å². The third-order valence-electron chi connectivity index (χ3n) is 6.61. The molecule has 2 nitrogen and oxygen atoms in total. The molecule has 3 rings (SSSR count). The Bertz CT molecular complexity index is 577. The molecule has 0 bridgehead atoms. The van der Waals surface area contributed by atoms with Crippen LogP contribution in [-0.4, -0.2) is 16.8 Å². The highest BCUT2D eigenvalue weighted by atomic mass is 16.3. The molecule has 0 radical (unpaired) electrons. The van der Waals surface area contributed by atoms with Crippen LogP contribution in [0.3, 0.4) is 0 Å². The van der Waals surface area contributed by atoms with E-state index in [1.807, 2.05) is 6.07 Å². The van der Waals surface area contributed by atoms with E-state index in [-0.39, 0.29) is 17.4 Å². The van der Waals surface area contributed by atoms with Crippen LogP contribution < -0.4 is 0 Å². The van der Waals surface area contributed by atoms with E-state index in [9.17, 15) is 10.2 Å². The fraction of sp³-hybridized carbons (Fsp3) is 0.700. The predicted octanol–water partition coefficient (Wildman–Crippen LogP) is 4.52. The van der Waals surface area contributed by atoms with Crippen LogP contribution in [0.15, 0.2) is 12.1 Å². The first-order chi connectivity index (χ1) is 10.3. The Hall–Kier alpha value is -1.02. The Morgan fingerprint density at radius 2 is 1.95 bits per heavy atom. The number of hydrogen-bond acceptors (Lipinski definition) is 2. The average Bonchev–Trinajstić information content (AvgIpc) is 2.47. The van der Waals surface area contributed by atoms with Crippen LogP contribution >= 0.6 is 0 Å². The maximum absolute atomic E-state index is 10.5. The van der Waals surface area contributed by atoms with Crippen LogP contribution in [-0.2, 0) is 11.8 Å². The third-order valence-corrected chi connectivity index (χ3v) is 6.61. The lowest BCUT2D eigenvalue weighted by Crippen LogP contribution is -2.50. The Balaban J connectivity index is 2.11. The first kappa shape index (κ1) is 15.9. The van der Waals surface area contributed by atoms with Crippen LogP contribution in [0.5, 0.6) is 5.75 Å². The number of aromatic hydroxyl groups is 1. The molecule has 0 spiro atoms. The Morgan fingerprint density at radius 3 is 2.59 bits per heavy atom. The van der Waals surface area contributed by atoms with Crippen molar-refractivity contribution in [1.82, 2.24) is 0 Å². The van der Waals surface area contributed by atoms with Crippen molar-refractivity contribution < 1.29 is 10.2 Å². The van der Waals surface area contributed by atoms with Gasteiger partial charge in [-0.3, -0.25) is 0 Å². The second kappa shape index (κ2) is 5.26. The fourth-order valence-electron chi connectivity index (χ4n) is 5.31. The summed E-state index contributed by atoms with van der Waals surface area (Å²) in [4.78, 5) is 0. The molecule has 2 aliphatic rings. The maximum atomic E-state index is 10.5. The van der Waals surface area contributed by atoms with Crippen molar-refractivity contribution in [3.8, 4) is 5.75 Å². The van der Waals surface area contributed by atoms with Gasteiger partial charge < -0.3 is 10.2 Å².